The monoisotopic (exact) mass is 329 g/mol. The Morgan fingerprint density at radius 1 is 0.833 bits per heavy atom. The molecule has 0 amide bonds. The molecule has 9 nitrogen and oxygen atoms in total. The number of methoxy groups -OCH3 is 2. The highest BCUT2D eigenvalue weighted by Gasteiger charge is 2.17. The van der Waals surface area contributed by atoms with E-state index in [0.29, 0.717) is 11.4 Å². The fraction of sp³-hybridized carbons (Fsp3) is 0.133. The van der Waals surface area contributed by atoms with Crippen LogP contribution in [0.1, 0.15) is 21.0 Å². The van der Waals surface area contributed by atoms with E-state index < -0.39 is 11.9 Å². The van der Waals surface area contributed by atoms with E-state index in [2.05, 4.69) is 24.4 Å². The van der Waals surface area contributed by atoms with Crippen LogP contribution in [0.25, 0.3) is 23.2 Å². The first-order valence-corrected chi connectivity index (χ1v) is 6.68. The molecule has 0 aromatic carbocycles. The third-order valence-corrected chi connectivity index (χ3v) is 2.98. The molecular weight excluding hydrogens is 318 g/mol. The molecule has 0 unspecified atom stereocenters. The van der Waals surface area contributed by atoms with Crippen molar-refractivity contribution in [3.8, 4) is 23.2 Å². The Labute approximate surface area is 135 Å². The summed E-state index contributed by atoms with van der Waals surface area (Å²) >= 11 is 0. The van der Waals surface area contributed by atoms with Crippen LogP contribution in [0.5, 0.6) is 0 Å². The third kappa shape index (κ3) is 2.86. The normalized spacial score (nSPS) is 10.4. The first-order chi connectivity index (χ1) is 11.6. The van der Waals surface area contributed by atoms with Crippen LogP contribution in [0, 0.1) is 0 Å². The second-order valence-corrected chi connectivity index (χ2v) is 4.47. The van der Waals surface area contributed by atoms with Crippen LogP contribution >= 0.6 is 0 Å². The zero-order valence-corrected chi connectivity index (χ0v) is 12.7. The Kier molecular flexibility index (Phi) is 4.06. The van der Waals surface area contributed by atoms with Gasteiger partial charge in [0.2, 0.25) is 11.8 Å². The van der Waals surface area contributed by atoms with Crippen LogP contribution in [-0.4, -0.2) is 41.1 Å². The van der Waals surface area contributed by atoms with E-state index in [-0.39, 0.29) is 23.2 Å². The Morgan fingerprint density at radius 3 is 1.71 bits per heavy atom. The number of carbonyl (C=O) groups excluding carboxylic acids is 2. The van der Waals surface area contributed by atoms with Crippen molar-refractivity contribution in [2.24, 2.45) is 0 Å². The van der Waals surface area contributed by atoms with Gasteiger partial charge in [-0.25, -0.2) is 24.5 Å². The topological polar surface area (TPSA) is 118 Å². The largest absolute Gasteiger partial charge is 0.464 e. The number of oxazole rings is 2. The summed E-state index contributed by atoms with van der Waals surface area (Å²) in [7, 11) is 2.49. The highest BCUT2D eigenvalue weighted by molar-refractivity contribution is 5.87. The molecule has 3 aromatic heterocycles. The molecule has 0 N–H and O–H groups in total. The maximum atomic E-state index is 11.4. The number of rotatable bonds is 4. The summed E-state index contributed by atoms with van der Waals surface area (Å²) in [5, 5.41) is 0. The van der Waals surface area contributed by atoms with Crippen molar-refractivity contribution in [2.45, 2.75) is 0 Å². The molecule has 0 spiro atoms. The van der Waals surface area contributed by atoms with Crippen LogP contribution in [0.4, 0.5) is 0 Å². The molecule has 3 rings (SSSR count). The number of nitrogens with zero attached hydrogens (tertiary/aromatic N) is 3. The van der Waals surface area contributed by atoms with E-state index in [1.807, 2.05) is 0 Å². The van der Waals surface area contributed by atoms with E-state index in [1.165, 1.54) is 26.7 Å². The predicted molar refractivity (Wildman–Crippen MR) is 77.9 cm³/mol. The summed E-state index contributed by atoms with van der Waals surface area (Å²) < 4.78 is 19.6. The molecule has 24 heavy (non-hydrogen) atoms. The number of ether oxygens (including phenoxy) is 2. The molecule has 0 saturated carbocycles. The van der Waals surface area contributed by atoms with Crippen molar-refractivity contribution in [3.63, 3.8) is 0 Å². The first-order valence-electron chi connectivity index (χ1n) is 6.68. The molecular formula is C15H11N3O6. The lowest BCUT2D eigenvalue weighted by Gasteiger charge is -1.98. The van der Waals surface area contributed by atoms with Gasteiger partial charge in [-0.3, -0.25) is 0 Å². The molecule has 0 aliphatic carbocycles. The molecule has 3 heterocycles. The van der Waals surface area contributed by atoms with Gasteiger partial charge in [0.25, 0.3) is 0 Å². The van der Waals surface area contributed by atoms with Gasteiger partial charge >= 0.3 is 11.9 Å². The molecule has 9 heteroatoms. The third-order valence-electron chi connectivity index (χ3n) is 2.98. The van der Waals surface area contributed by atoms with Gasteiger partial charge in [-0.2, -0.15) is 0 Å². The zero-order valence-electron chi connectivity index (χ0n) is 12.7. The Hall–Kier alpha value is -3.49. The summed E-state index contributed by atoms with van der Waals surface area (Å²) in [5.74, 6) is -0.956. The van der Waals surface area contributed by atoms with E-state index >= 15 is 0 Å². The highest BCUT2D eigenvalue weighted by atomic mass is 16.5. The standard InChI is InChI=1S/C15H11N3O6/c1-21-14(19)10-6-23-12(17-10)8-4-3-5-9(16-8)13-18-11(7-24-13)15(20)22-2/h3-7H,1-2H3. The number of hydrogen-bond acceptors (Lipinski definition) is 9. The van der Waals surface area contributed by atoms with Crippen LogP contribution < -0.4 is 0 Å². The van der Waals surface area contributed by atoms with Crippen molar-refractivity contribution in [1.82, 2.24) is 15.0 Å². The molecule has 0 aliphatic heterocycles. The fourth-order valence-electron chi connectivity index (χ4n) is 1.85. The highest BCUT2D eigenvalue weighted by Crippen LogP contribution is 2.22. The van der Waals surface area contributed by atoms with Gasteiger partial charge in [0.1, 0.15) is 23.9 Å². The number of aromatic nitrogens is 3. The van der Waals surface area contributed by atoms with Crippen LogP contribution in [-0.2, 0) is 9.47 Å². The van der Waals surface area contributed by atoms with Crippen molar-refractivity contribution in [3.05, 3.63) is 42.1 Å². The maximum Gasteiger partial charge on any atom is 0.360 e. The molecule has 0 fully saturated rings. The smallest absolute Gasteiger partial charge is 0.360 e. The minimum atomic E-state index is -0.614. The van der Waals surface area contributed by atoms with E-state index in [1.54, 1.807) is 18.2 Å². The van der Waals surface area contributed by atoms with Gasteiger partial charge in [0.15, 0.2) is 11.4 Å². The fourth-order valence-corrected chi connectivity index (χ4v) is 1.85. The predicted octanol–water partition coefficient (Wildman–Crippen LogP) is 1.96. The number of esters is 2. The molecule has 122 valence electrons. The molecule has 0 bridgehead atoms. The van der Waals surface area contributed by atoms with Gasteiger partial charge in [-0.15, -0.1) is 0 Å². The minimum Gasteiger partial charge on any atom is -0.464 e. The van der Waals surface area contributed by atoms with Gasteiger partial charge in [0, 0.05) is 0 Å². The zero-order chi connectivity index (χ0) is 17.1. The van der Waals surface area contributed by atoms with Crippen molar-refractivity contribution in [1.29, 1.82) is 0 Å². The summed E-state index contributed by atoms with van der Waals surface area (Å²) in [6.45, 7) is 0. The lowest BCUT2D eigenvalue weighted by atomic mass is 10.3. The van der Waals surface area contributed by atoms with Crippen LogP contribution in [0.3, 0.4) is 0 Å². The first kappa shape index (κ1) is 15.4. The second-order valence-electron chi connectivity index (χ2n) is 4.47. The SMILES string of the molecule is COC(=O)c1coc(-c2cccc(-c3nc(C(=O)OC)co3)n2)n1. The van der Waals surface area contributed by atoms with Gasteiger partial charge in [-0.1, -0.05) is 6.07 Å². The number of carbonyl (C=O) groups is 2. The average molecular weight is 329 g/mol. The van der Waals surface area contributed by atoms with Crippen molar-refractivity contribution >= 4 is 11.9 Å². The average Bonchev–Trinajstić information content (AvgIpc) is 3.30. The number of hydrogen-bond donors (Lipinski definition) is 0. The molecule has 0 radical (unpaired) electrons. The van der Waals surface area contributed by atoms with Gasteiger partial charge in [-0.05, 0) is 12.1 Å². The van der Waals surface area contributed by atoms with E-state index in [9.17, 15) is 9.59 Å². The van der Waals surface area contributed by atoms with Crippen LogP contribution in [0.15, 0.2) is 39.6 Å². The maximum absolute atomic E-state index is 11.4. The Balaban J connectivity index is 1.92. The molecule has 0 aliphatic rings. The van der Waals surface area contributed by atoms with Crippen LogP contribution in [0.2, 0.25) is 0 Å². The van der Waals surface area contributed by atoms with Crippen molar-refractivity contribution < 1.29 is 27.9 Å². The van der Waals surface area contributed by atoms with E-state index in [0.717, 1.165) is 0 Å². The lowest BCUT2D eigenvalue weighted by Crippen LogP contribution is -2.01. The Bertz CT molecular complexity index is 829. The number of pyridine rings is 1. The summed E-state index contributed by atoms with van der Waals surface area (Å²) in [6, 6.07) is 4.96. The van der Waals surface area contributed by atoms with Crippen molar-refractivity contribution in [2.75, 3.05) is 14.2 Å². The molecule has 0 atom stereocenters. The Morgan fingerprint density at radius 2 is 1.29 bits per heavy atom. The molecule has 3 aromatic rings. The minimum absolute atomic E-state index is 0.0313. The summed E-state index contributed by atoms with van der Waals surface area (Å²) in [5.41, 5.74) is 0.786. The second kappa shape index (κ2) is 6.32. The van der Waals surface area contributed by atoms with Gasteiger partial charge < -0.3 is 18.3 Å². The quantitative estimate of drug-likeness (QED) is 0.662. The summed E-state index contributed by atoms with van der Waals surface area (Å²) in [4.78, 5) is 35.1. The summed E-state index contributed by atoms with van der Waals surface area (Å²) in [6.07, 6.45) is 2.35. The van der Waals surface area contributed by atoms with E-state index in [4.69, 9.17) is 8.83 Å². The van der Waals surface area contributed by atoms with Gasteiger partial charge in [0.05, 0.1) is 14.2 Å². The molecule has 0 saturated heterocycles. The lowest BCUT2D eigenvalue weighted by molar-refractivity contribution is 0.0585.